The SMILES string of the molecule is C#CC(CC)NC(=O)c1ccc(Br)c(Cl)c1. The van der Waals surface area contributed by atoms with Crippen LogP contribution < -0.4 is 5.32 Å². The number of nitrogens with one attached hydrogen (secondary N) is 1. The topological polar surface area (TPSA) is 29.1 Å². The highest BCUT2D eigenvalue weighted by molar-refractivity contribution is 9.10. The molecule has 1 aromatic rings. The lowest BCUT2D eigenvalue weighted by Crippen LogP contribution is -2.33. The van der Waals surface area contributed by atoms with Gasteiger partial charge in [-0.25, -0.2) is 0 Å². The number of benzene rings is 1. The molecule has 0 saturated heterocycles. The van der Waals surface area contributed by atoms with Crippen LogP contribution in [0.3, 0.4) is 0 Å². The first-order chi connectivity index (χ1) is 7.58. The van der Waals surface area contributed by atoms with E-state index in [0.717, 1.165) is 4.47 Å². The lowest BCUT2D eigenvalue weighted by Gasteiger charge is -2.10. The van der Waals surface area contributed by atoms with E-state index in [1.165, 1.54) is 0 Å². The number of terminal acetylenes is 1. The minimum Gasteiger partial charge on any atom is -0.338 e. The predicted octanol–water partition coefficient (Wildman–Crippen LogP) is 3.24. The van der Waals surface area contributed by atoms with Crippen LogP contribution in [0.5, 0.6) is 0 Å². The van der Waals surface area contributed by atoms with E-state index >= 15 is 0 Å². The molecule has 1 rings (SSSR count). The molecule has 4 heteroatoms. The lowest BCUT2D eigenvalue weighted by molar-refractivity contribution is 0.0945. The maximum Gasteiger partial charge on any atom is 0.252 e. The molecule has 1 atom stereocenters. The van der Waals surface area contributed by atoms with Crippen molar-refractivity contribution in [3.63, 3.8) is 0 Å². The minimum absolute atomic E-state index is 0.209. The molecule has 0 aliphatic carbocycles. The summed E-state index contributed by atoms with van der Waals surface area (Å²) in [6.45, 7) is 1.92. The third-order valence-electron chi connectivity index (χ3n) is 2.10. The van der Waals surface area contributed by atoms with Gasteiger partial charge in [-0.2, -0.15) is 0 Å². The molecule has 84 valence electrons. The van der Waals surface area contributed by atoms with Crippen molar-refractivity contribution in [1.82, 2.24) is 5.32 Å². The Morgan fingerprint density at radius 3 is 2.88 bits per heavy atom. The summed E-state index contributed by atoms with van der Waals surface area (Å²) >= 11 is 9.16. The van der Waals surface area contributed by atoms with Gasteiger partial charge in [0.25, 0.3) is 5.91 Å². The summed E-state index contributed by atoms with van der Waals surface area (Å²) in [6, 6.07) is 4.78. The fourth-order valence-electron chi connectivity index (χ4n) is 1.14. The molecule has 2 nitrogen and oxygen atoms in total. The highest BCUT2D eigenvalue weighted by Gasteiger charge is 2.10. The maximum atomic E-state index is 11.8. The van der Waals surface area contributed by atoms with Gasteiger partial charge in [-0.15, -0.1) is 6.42 Å². The lowest BCUT2D eigenvalue weighted by atomic mass is 10.2. The first-order valence-corrected chi connectivity index (χ1v) is 5.97. The van der Waals surface area contributed by atoms with Gasteiger partial charge in [0.05, 0.1) is 11.1 Å². The van der Waals surface area contributed by atoms with Gasteiger partial charge in [0.15, 0.2) is 0 Å². The molecule has 0 heterocycles. The Labute approximate surface area is 109 Å². The fraction of sp³-hybridized carbons (Fsp3) is 0.250. The van der Waals surface area contributed by atoms with Crippen LogP contribution >= 0.6 is 27.5 Å². The van der Waals surface area contributed by atoms with Gasteiger partial charge < -0.3 is 5.32 Å². The molecule has 0 aliphatic rings. The first-order valence-electron chi connectivity index (χ1n) is 4.80. The van der Waals surface area contributed by atoms with Crippen molar-refractivity contribution in [1.29, 1.82) is 0 Å². The second kappa shape index (κ2) is 5.93. The number of carbonyl (C=O) groups is 1. The Hall–Kier alpha value is -0.980. The van der Waals surface area contributed by atoms with Gasteiger partial charge in [-0.3, -0.25) is 4.79 Å². The molecule has 0 saturated carbocycles. The van der Waals surface area contributed by atoms with Gasteiger partial charge in [-0.1, -0.05) is 24.4 Å². The molecule has 1 N–H and O–H groups in total. The van der Waals surface area contributed by atoms with Crippen LogP contribution in [-0.2, 0) is 0 Å². The smallest absolute Gasteiger partial charge is 0.252 e. The average molecular weight is 301 g/mol. The normalized spacial score (nSPS) is 11.6. The van der Waals surface area contributed by atoms with E-state index in [2.05, 4.69) is 27.2 Å². The van der Waals surface area contributed by atoms with Gasteiger partial charge in [0, 0.05) is 10.0 Å². The Morgan fingerprint density at radius 1 is 1.69 bits per heavy atom. The summed E-state index contributed by atoms with van der Waals surface area (Å²) < 4.78 is 0.759. The third kappa shape index (κ3) is 3.26. The molecule has 1 aromatic carbocycles. The van der Waals surface area contributed by atoms with Crippen LogP contribution in [0.25, 0.3) is 0 Å². The summed E-state index contributed by atoms with van der Waals surface area (Å²) in [4.78, 5) is 11.8. The molecular formula is C12H11BrClNO. The standard InChI is InChI=1S/C12H11BrClNO/c1-3-9(4-2)15-12(16)8-5-6-10(13)11(14)7-8/h1,5-7,9H,4H2,2H3,(H,15,16). The van der Waals surface area contributed by atoms with Crippen LogP contribution in [0.2, 0.25) is 5.02 Å². The van der Waals surface area contributed by atoms with Crippen LogP contribution in [0.4, 0.5) is 0 Å². The van der Waals surface area contributed by atoms with E-state index in [9.17, 15) is 4.79 Å². The van der Waals surface area contributed by atoms with Gasteiger partial charge in [-0.05, 0) is 40.5 Å². The van der Waals surface area contributed by atoms with Crippen LogP contribution in [-0.4, -0.2) is 11.9 Å². The van der Waals surface area contributed by atoms with E-state index in [1.54, 1.807) is 18.2 Å². The van der Waals surface area contributed by atoms with Crippen molar-refractivity contribution in [3.05, 3.63) is 33.3 Å². The molecule has 0 aromatic heterocycles. The summed E-state index contributed by atoms with van der Waals surface area (Å²) in [5.41, 5.74) is 0.502. The number of carbonyl (C=O) groups excluding carboxylic acids is 1. The van der Waals surface area contributed by atoms with Gasteiger partial charge >= 0.3 is 0 Å². The Kier molecular flexibility index (Phi) is 4.85. The van der Waals surface area contributed by atoms with Crippen molar-refractivity contribution >= 4 is 33.4 Å². The van der Waals surface area contributed by atoms with Crippen molar-refractivity contribution < 1.29 is 4.79 Å². The zero-order valence-electron chi connectivity index (χ0n) is 8.76. The van der Waals surface area contributed by atoms with Gasteiger partial charge in [0.2, 0.25) is 0 Å². The Balaban J connectivity index is 2.81. The van der Waals surface area contributed by atoms with Gasteiger partial charge in [0.1, 0.15) is 0 Å². The van der Waals surface area contributed by atoms with Crippen molar-refractivity contribution in [2.45, 2.75) is 19.4 Å². The van der Waals surface area contributed by atoms with Crippen LogP contribution in [0.15, 0.2) is 22.7 Å². The molecule has 1 amide bonds. The molecule has 0 bridgehead atoms. The molecule has 0 spiro atoms. The number of hydrogen-bond donors (Lipinski definition) is 1. The molecular weight excluding hydrogens is 289 g/mol. The van der Waals surface area contributed by atoms with E-state index < -0.39 is 0 Å². The van der Waals surface area contributed by atoms with Crippen molar-refractivity contribution in [3.8, 4) is 12.3 Å². The molecule has 0 aliphatic heterocycles. The highest BCUT2D eigenvalue weighted by Crippen LogP contribution is 2.23. The predicted molar refractivity (Wildman–Crippen MR) is 69.5 cm³/mol. The molecule has 0 radical (unpaired) electrons. The monoisotopic (exact) mass is 299 g/mol. The molecule has 0 fully saturated rings. The third-order valence-corrected chi connectivity index (χ3v) is 3.33. The van der Waals surface area contributed by atoms with Crippen molar-refractivity contribution in [2.75, 3.05) is 0 Å². The van der Waals surface area contributed by atoms with Crippen LogP contribution in [0.1, 0.15) is 23.7 Å². The quantitative estimate of drug-likeness (QED) is 0.853. The number of halogens is 2. The largest absolute Gasteiger partial charge is 0.338 e. The maximum absolute atomic E-state index is 11.8. The number of hydrogen-bond acceptors (Lipinski definition) is 1. The molecule has 16 heavy (non-hydrogen) atoms. The average Bonchev–Trinajstić information content (AvgIpc) is 2.29. The van der Waals surface area contributed by atoms with Crippen LogP contribution in [0, 0.1) is 12.3 Å². The summed E-state index contributed by atoms with van der Waals surface area (Å²) in [5.74, 6) is 2.30. The number of amides is 1. The van der Waals surface area contributed by atoms with E-state index in [-0.39, 0.29) is 11.9 Å². The van der Waals surface area contributed by atoms with Crippen molar-refractivity contribution in [2.24, 2.45) is 0 Å². The molecule has 1 unspecified atom stereocenters. The second-order valence-electron chi connectivity index (χ2n) is 3.23. The number of rotatable bonds is 3. The first kappa shape index (κ1) is 13.1. The summed E-state index contributed by atoms with van der Waals surface area (Å²) in [6.07, 6.45) is 5.97. The zero-order valence-corrected chi connectivity index (χ0v) is 11.1. The minimum atomic E-state index is -0.241. The summed E-state index contributed by atoms with van der Waals surface area (Å²) in [5, 5.41) is 3.23. The second-order valence-corrected chi connectivity index (χ2v) is 4.49. The van der Waals surface area contributed by atoms with E-state index in [0.29, 0.717) is 17.0 Å². The Bertz CT molecular complexity index is 439. The van der Waals surface area contributed by atoms with E-state index in [4.69, 9.17) is 18.0 Å². The fourth-order valence-corrected chi connectivity index (χ4v) is 1.57. The zero-order chi connectivity index (χ0) is 12.1. The van der Waals surface area contributed by atoms with E-state index in [1.807, 2.05) is 6.92 Å². The highest BCUT2D eigenvalue weighted by atomic mass is 79.9. The summed E-state index contributed by atoms with van der Waals surface area (Å²) in [7, 11) is 0. The Morgan fingerprint density at radius 2 is 2.38 bits per heavy atom.